The van der Waals surface area contributed by atoms with Crippen LogP contribution in [0.1, 0.15) is 62.1 Å². The second-order valence-electron chi connectivity index (χ2n) is 8.09. The van der Waals surface area contributed by atoms with Gasteiger partial charge in [-0.25, -0.2) is 0 Å². The lowest BCUT2D eigenvalue weighted by Crippen LogP contribution is -2.32. The van der Waals surface area contributed by atoms with Gasteiger partial charge in [-0.2, -0.15) is 0 Å². The van der Waals surface area contributed by atoms with Gasteiger partial charge in [0.1, 0.15) is 0 Å². The first-order chi connectivity index (χ1) is 14.9. The number of aryl methyl sites for hydroxylation is 2. The van der Waals surface area contributed by atoms with Crippen LogP contribution >= 0.6 is 23.4 Å². The van der Waals surface area contributed by atoms with Crippen molar-refractivity contribution in [2.24, 2.45) is 0 Å². The molecule has 0 atom stereocenters. The van der Waals surface area contributed by atoms with Gasteiger partial charge in [-0.3, -0.25) is 14.5 Å². The van der Waals surface area contributed by atoms with Crippen molar-refractivity contribution in [3.8, 4) is 0 Å². The Morgan fingerprint density at radius 3 is 2.19 bits per heavy atom. The Labute approximate surface area is 194 Å². The summed E-state index contributed by atoms with van der Waals surface area (Å²) in [4.78, 5) is 29.5. The first-order valence-electron chi connectivity index (χ1n) is 11.0. The summed E-state index contributed by atoms with van der Waals surface area (Å²) in [6, 6.07) is 13.3. The van der Waals surface area contributed by atoms with Gasteiger partial charge < -0.3 is 0 Å². The fourth-order valence-corrected chi connectivity index (χ4v) is 4.81. The van der Waals surface area contributed by atoms with E-state index in [-0.39, 0.29) is 11.8 Å². The molecule has 0 radical (unpaired) electrons. The van der Waals surface area contributed by atoms with Crippen LogP contribution in [0.4, 0.5) is 0 Å². The minimum Gasteiger partial charge on any atom is -0.274 e. The second kappa shape index (κ2) is 11.0. The smallest absolute Gasteiger partial charge is 0.268 e. The number of hydrogen-bond acceptors (Lipinski definition) is 3. The first-order valence-corrected chi connectivity index (χ1v) is 12.2. The molecule has 0 saturated carbocycles. The van der Waals surface area contributed by atoms with Crippen LogP contribution in [0.25, 0.3) is 5.57 Å². The van der Waals surface area contributed by atoms with Gasteiger partial charge in [0.15, 0.2) is 0 Å². The van der Waals surface area contributed by atoms with Crippen LogP contribution in [-0.4, -0.2) is 23.3 Å². The van der Waals surface area contributed by atoms with Crippen LogP contribution in [0.3, 0.4) is 0 Å². The largest absolute Gasteiger partial charge is 0.274 e. The van der Waals surface area contributed by atoms with Crippen LogP contribution in [0.2, 0.25) is 5.02 Å². The molecule has 164 valence electrons. The third-order valence-corrected chi connectivity index (χ3v) is 7.03. The molecule has 0 N–H and O–H groups in total. The van der Waals surface area contributed by atoms with Gasteiger partial charge >= 0.3 is 0 Å². The number of unbranched alkanes of at least 4 members (excludes halogenated alkanes) is 5. The fourth-order valence-electron chi connectivity index (χ4n) is 3.67. The van der Waals surface area contributed by atoms with Gasteiger partial charge in [0.25, 0.3) is 11.8 Å². The molecule has 1 heterocycles. The Hall–Kier alpha value is -2.04. The van der Waals surface area contributed by atoms with Crippen molar-refractivity contribution in [2.75, 3.05) is 6.54 Å². The number of halogens is 1. The summed E-state index contributed by atoms with van der Waals surface area (Å²) < 4.78 is 0. The Morgan fingerprint density at radius 2 is 1.52 bits per heavy atom. The average molecular weight is 456 g/mol. The molecule has 2 aromatic carbocycles. The molecule has 2 amide bonds. The number of nitrogens with zero attached hydrogens (tertiary/aromatic N) is 1. The molecular formula is C26H30ClNO2S. The Morgan fingerprint density at radius 1 is 0.839 bits per heavy atom. The van der Waals surface area contributed by atoms with E-state index < -0.39 is 0 Å². The van der Waals surface area contributed by atoms with E-state index in [1.165, 1.54) is 35.9 Å². The highest BCUT2D eigenvalue weighted by Crippen LogP contribution is 2.40. The van der Waals surface area contributed by atoms with Crippen LogP contribution in [0, 0.1) is 13.8 Å². The number of imide groups is 1. The second-order valence-corrected chi connectivity index (χ2v) is 9.61. The van der Waals surface area contributed by atoms with E-state index in [1.807, 2.05) is 44.2 Å². The number of hydrogen-bond donors (Lipinski definition) is 0. The minimum absolute atomic E-state index is 0.182. The van der Waals surface area contributed by atoms with Crippen LogP contribution in [0.5, 0.6) is 0 Å². The number of carbonyl (C=O) groups is 2. The van der Waals surface area contributed by atoms with Crippen molar-refractivity contribution in [1.82, 2.24) is 4.90 Å². The maximum Gasteiger partial charge on any atom is 0.268 e. The zero-order chi connectivity index (χ0) is 22.4. The molecular weight excluding hydrogens is 426 g/mol. The van der Waals surface area contributed by atoms with E-state index in [2.05, 4.69) is 6.92 Å². The summed E-state index contributed by atoms with van der Waals surface area (Å²) in [5.41, 5.74) is 3.59. The molecule has 0 aliphatic carbocycles. The summed E-state index contributed by atoms with van der Waals surface area (Å²) in [5, 5.41) is 0.645. The van der Waals surface area contributed by atoms with Gasteiger partial charge in [-0.05, 0) is 61.2 Å². The van der Waals surface area contributed by atoms with Gasteiger partial charge in [0, 0.05) is 16.5 Å². The van der Waals surface area contributed by atoms with Gasteiger partial charge in [-0.15, -0.1) is 0 Å². The molecule has 3 rings (SSSR count). The molecule has 0 bridgehead atoms. The van der Waals surface area contributed by atoms with Crippen LogP contribution in [0.15, 0.2) is 52.3 Å². The molecule has 2 aromatic rings. The quantitative estimate of drug-likeness (QED) is 0.281. The topological polar surface area (TPSA) is 37.4 Å². The van der Waals surface area contributed by atoms with E-state index in [0.29, 0.717) is 22.0 Å². The summed E-state index contributed by atoms with van der Waals surface area (Å²) in [6.07, 6.45) is 6.69. The average Bonchev–Trinajstić information content (AvgIpc) is 2.98. The van der Waals surface area contributed by atoms with Gasteiger partial charge in [0.2, 0.25) is 0 Å². The number of amides is 2. The zero-order valence-corrected chi connectivity index (χ0v) is 20.1. The zero-order valence-electron chi connectivity index (χ0n) is 18.5. The molecule has 31 heavy (non-hydrogen) atoms. The lowest BCUT2D eigenvalue weighted by molar-refractivity contribution is -0.136. The van der Waals surface area contributed by atoms with Gasteiger partial charge in [-0.1, -0.05) is 80.6 Å². The number of rotatable bonds is 10. The third kappa shape index (κ3) is 5.81. The molecule has 0 unspecified atom stereocenters. The monoisotopic (exact) mass is 455 g/mol. The number of thioether (sulfide) groups is 1. The highest BCUT2D eigenvalue weighted by Gasteiger charge is 2.39. The highest BCUT2D eigenvalue weighted by atomic mass is 35.5. The molecule has 1 aliphatic rings. The van der Waals surface area contributed by atoms with Crippen LogP contribution in [-0.2, 0) is 9.59 Å². The SMILES string of the molecule is CCCCCCCCN1C(=O)C(Sc2ccc(Cl)cc2)=C(c2ccc(C)c(C)c2)C1=O. The first kappa shape index (κ1) is 23.6. The standard InChI is InChI=1S/C26H30ClNO2S/c1-4-5-6-7-8-9-16-28-25(29)23(20-11-10-18(2)19(3)17-20)24(26(28)30)31-22-14-12-21(27)13-15-22/h10-15,17H,4-9,16H2,1-3H3. The predicted octanol–water partition coefficient (Wildman–Crippen LogP) is 7.19. The maximum absolute atomic E-state index is 13.3. The van der Waals surface area contributed by atoms with Crippen molar-refractivity contribution < 1.29 is 9.59 Å². The van der Waals surface area contributed by atoms with Crippen molar-refractivity contribution in [3.63, 3.8) is 0 Å². The van der Waals surface area contributed by atoms with E-state index in [1.54, 1.807) is 12.1 Å². The molecule has 0 saturated heterocycles. The van der Waals surface area contributed by atoms with E-state index in [4.69, 9.17) is 11.6 Å². The molecule has 5 heteroatoms. The van der Waals surface area contributed by atoms with E-state index >= 15 is 0 Å². The molecule has 1 aliphatic heterocycles. The number of benzene rings is 2. The van der Waals surface area contributed by atoms with Crippen molar-refractivity contribution in [3.05, 3.63) is 69.1 Å². The van der Waals surface area contributed by atoms with E-state index in [0.717, 1.165) is 40.8 Å². The highest BCUT2D eigenvalue weighted by molar-refractivity contribution is 8.04. The summed E-state index contributed by atoms with van der Waals surface area (Å²) in [5.74, 6) is -0.370. The Bertz CT molecular complexity index is 981. The number of carbonyl (C=O) groups excluding carboxylic acids is 2. The van der Waals surface area contributed by atoms with E-state index in [9.17, 15) is 9.59 Å². The van der Waals surface area contributed by atoms with Crippen molar-refractivity contribution >= 4 is 40.8 Å². The summed E-state index contributed by atoms with van der Waals surface area (Å²) >= 11 is 7.36. The normalized spacial score (nSPS) is 14.1. The lowest BCUT2D eigenvalue weighted by atomic mass is 10.0. The van der Waals surface area contributed by atoms with Gasteiger partial charge in [0.05, 0.1) is 10.5 Å². The lowest BCUT2D eigenvalue weighted by Gasteiger charge is -2.15. The Kier molecular flexibility index (Phi) is 8.39. The molecule has 0 aromatic heterocycles. The predicted molar refractivity (Wildman–Crippen MR) is 130 cm³/mol. The summed E-state index contributed by atoms with van der Waals surface area (Å²) in [7, 11) is 0. The summed E-state index contributed by atoms with van der Waals surface area (Å²) in [6.45, 7) is 6.74. The molecule has 3 nitrogen and oxygen atoms in total. The molecule has 0 spiro atoms. The Balaban J connectivity index is 1.85. The fraction of sp³-hybridized carbons (Fsp3) is 0.385. The minimum atomic E-state index is -0.188. The van der Waals surface area contributed by atoms with Crippen LogP contribution < -0.4 is 0 Å². The third-order valence-electron chi connectivity index (χ3n) is 5.69. The van der Waals surface area contributed by atoms with Crippen molar-refractivity contribution in [2.45, 2.75) is 64.2 Å². The molecule has 0 fully saturated rings. The van der Waals surface area contributed by atoms with Crippen molar-refractivity contribution in [1.29, 1.82) is 0 Å². The maximum atomic E-state index is 13.3.